The highest BCUT2D eigenvalue weighted by Crippen LogP contribution is 2.35. The van der Waals surface area contributed by atoms with Crippen molar-refractivity contribution in [1.29, 1.82) is 0 Å². The van der Waals surface area contributed by atoms with Gasteiger partial charge in [0, 0.05) is 12.2 Å². The van der Waals surface area contributed by atoms with Crippen molar-refractivity contribution in [2.75, 3.05) is 26.4 Å². The third kappa shape index (κ3) is 15.2. The van der Waals surface area contributed by atoms with E-state index in [1.165, 1.54) is 48.5 Å². The Bertz CT molecular complexity index is 1600. The number of unbranched alkanes of at least 4 members (excludes halogenated alkanes) is 10. The van der Waals surface area contributed by atoms with Gasteiger partial charge in [0.1, 0.15) is 11.5 Å². The number of ether oxygens (including phenoxy) is 6. The Morgan fingerprint density at radius 3 is 1.04 bits per heavy atom. The van der Waals surface area contributed by atoms with Crippen LogP contribution in [-0.2, 0) is 19.1 Å². The summed E-state index contributed by atoms with van der Waals surface area (Å²) in [6.45, 7) is 8.19. The van der Waals surface area contributed by atoms with Gasteiger partial charge in [0.2, 0.25) is 34.8 Å². The first-order valence-corrected chi connectivity index (χ1v) is 18.4. The molecule has 0 amide bonds. The van der Waals surface area contributed by atoms with Crippen molar-refractivity contribution in [3.05, 3.63) is 108 Å². The lowest BCUT2D eigenvalue weighted by molar-refractivity contribution is -0.138. The highest BCUT2D eigenvalue weighted by molar-refractivity contribution is 5.92. The summed E-state index contributed by atoms with van der Waals surface area (Å²) in [5.41, 5.74) is -0.368. The summed E-state index contributed by atoms with van der Waals surface area (Å²) in [6, 6.07) is 10.7. The molecular formula is C42H46F4O10. The number of rotatable bonds is 26. The second kappa shape index (κ2) is 24.7. The Morgan fingerprint density at radius 1 is 0.446 bits per heavy atom. The van der Waals surface area contributed by atoms with E-state index in [0.29, 0.717) is 37.9 Å². The number of esters is 4. The third-order valence-electron chi connectivity index (χ3n) is 8.19. The van der Waals surface area contributed by atoms with Gasteiger partial charge in [-0.3, -0.25) is 0 Å². The summed E-state index contributed by atoms with van der Waals surface area (Å²) in [5.74, 6) is -14.2. The smallest absolute Gasteiger partial charge is 0.343 e. The maximum atomic E-state index is 14.9. The normalized spacial score (nSPS) is 10.6. The second-order valence-electron chi connectivity index (χ2n) is 12.4. The van der Waals surface area contributed by atoms with Crippen LogP contribution in [0.2, 0.25) is 0 Å². The lowest BCUT2D eigenvalue weighted by Crippen LogP contribution is -2.16. The topological polar surface area (TPSA) is 124 Å². The zero-order valence-electron chi connectivity index (χ0n) is 31.1. The minimum absolute atomic E-state index is 0.184. The first kappa shape index (κ1) is 44.7. The minimum atomic E-state index is -2.08. The van der Waals surface area contributed by atoms with Crippen LogP contribution in [0.3, 0.4) is 0 Å². The molecule has 0 fully saturated rings. The quantitative estimate of drug-likeness (QED) is 0.0194. The van der Waals surface area contributed by atoms with E-state index < -0.39 is 58.6 Å². The van der Waals surface area contributed by atoms with Crippen LogP contribution >= 0.6 is 0 Å². The van der Waals surface area contributed by atoms with Crippen LogP contribution in [-0.4, -0.2) is 50.3 Å². The number of hydrogen-bond donors (Lipinski definition) is 0. The standard InChI is InChI=1S/C42H46F4O10/c1-3-33(47)53-27-15-11-7-5-9-13-25-51-31-21-17-29(18-22-31)41(49)55-39-35(43)37(45)40(38(46)36(39)44)56-42(50)30-19-23-32(24-20-30)52-26-14-10-6-8-12-16-28-54-34(48)4-2/h3-4,17-24H,1-2,5-16,25-28H2. The van der Waals surface area contributed by atoms with Gasteiger partial charge in [-0.2, -0.15) is 17.6 Å². The van der Waals surface area contributed by atoms with Gasteiger partial charge in [0.25, 0.3) is 0 Å². The van der Waals surface area contributed by atoms with Gasteiger partial charge >= 0.3 is 23.9 Å². The fourth-order valence-corrected chi connectivity index (χ4v) is 5.11. The number of carbonyl (C=O) groups is 4. The van der Waals surface area contributed by atoms with E-state index in [9.17, 15) is 36.7 Å². The Hall–Kier alpha value is -5.66. The Labute approximate surface area is 323 Å². The summed E-state index contributed by atoms with van der Waals surface area (Å²) in [7, 11) is 0. The maximum Gasteiger partial charge on any atom is 0.343 e. The molecule has 0 heterocycles. The van der Waals surface area contributed by atoms with Gasteiger partial charge in [-0.15, -0.1) is 0 Å². The monoisotopic (exact) mass is 786 g/mol. The number of benzene rings is 3. The van der Waals surface area contributed by atoms with Crippen LogP contribution in [0.4, 0.5) is 17.6 Å². The summed E-state index contributed by atoms with van der Waals surface area (Å²) >= 11 is 0. The zero-order valence-corrected chi connectivity index (χ0v) is 31.1. The van der Waals surface area contributed by atoms with Gasteiger partial charge in [-0.1, -0.05) is 64.5 Å². The average molecular weight is 787 g/mol. The Balaban J connectivity index is 1.41. The van der Waals surface area contributed by atoms with Crippen LogP contribution in [0.5, 0.6) is 23.0 Å². The number of hydrogen-bond acceptors (Lipinski definition) is 10. The fourth-order valence-electron chi connectivity index (χ4n) is 5.11. The highest BCUT2D eigenvalue weighted by Gasteiger charge is 2.31. The molecule has 0 radical (unpaired) electrons. The highest BCUT2D eigenvalue weighted by atomic mass is 19.2. The molecule has 0 saturated heterocycles. The summed E-state index contributed by atoms with van der Waals surface area (Å²) in [4.78, 5) is 47.2. The summed E-state index contributed by atoms with van der Waals surface area (Å²) in [5, 5.41) is 0. The molecular weight excluding hydrogens is 740 g/mol. The van der Waals surface area contributed by atoms with Crippen molar-refractivity contribution in [3.63, 3.8) is 0 Å². The van der Waals surface area contributed by atoms with E-state index in [4.69, 9.17) is 18.9 Å². The van der Waals surface area contributed by atoms with Crippen molar-refractivity contribution in [2.45, 2.75) is 77.0 Å². The van der Waals surface area contributed by atoms with E-state index >= 15 is 0 Å². The second-order valence-corrected chi connectivity index (χ2v) is 12.4. The molecule has 3 aromatic carbocycles. The van der Waals surface area contributed by atoms with Crippen LogP contribution in [0, 0.1) is 23.3 Å². The Morgan fingerprint density at radius 2 is 0.732 bits per heavy atom. The van der Waals surface area contributed by atoms with Crippen LogP contribution in [0.25, 0.3) is 0 Å². The van der Waals surface area contributed by atoms with Crippen molar-refractivity contribution in [1.82, 2.24) is 0 Å². The maximum absolute atomic E-state index is 14.9. The number of halogens is 4. The third-order valence-corrected chi connectivity index (χ3v) is 8.19. The van der Waals surface area contributed by atoms with Gasteiger partial charge in [0.05, 0.1) is 37.6 Å². The first-order valence-electron chi connectivity index (χ1n) is 18.4. The molecule has 0 spiro atoms. The van der Waals surface area contributed by atoms with Crippen molar-refractivity contribution in [3.8, 4) is 23.0 Å². The molecule has 14 heteroatoms. The van der Waals surface area contributed by atoms with E-state index in [1.807, 2.05) is 0 Å². The van der Waals surface area contributed by atoms with Crippen LogP contribution in [0.1, 0.15) is 97.8 Å². The average Bonchev–Trinajstić information content (AvgIpc) is 3.21. The molecule has 0 saturated carbocycles. The van der Waals surface area contributed by atoms with Crippen LogP contribution in [0.15, 0.2) is 73.8 Å². The zero-order chi connectivity index (χ0) is 40.7. The predicted octanol–water partition coefficient (Wildman–Crippen LogP) is 9.58. The Kier molecular flexibility index (Phi) is 19.7. The first-order chi connectivity index (χ1) is 27.0. The van der Waals surface area contributed by atoms with Crippen molar-refractivity contribution in [2.24, 2.45) is 0 Å². The van der Waals surface area contributed by atoms with Crippen LogP contribution < -0.4 is 18.9 Å². The van der Waals surface area contributed by atoms with Gasteiger partial charge in [0.15, 0.2) is 0 Å². The minimum Gasteiger partial charge on any atom is -0.494 e. The number of carbonyl (C=O) groups excluding carboxylic acids is 4. The van der Waals surface area contributed by atoms with E-state index in [2.05, 4.69) is 22.6 Å². The SMILES string of the molecule is C=CC(=O)OCCCCCCCCOc1ccc(C(=O)Oc2c(F)c(F)c(OC(=O)c3ccc(OCCCCCCCCOC(=O)C=C)cc3)c(F)c2F)cc1. The molecule has 3 aromatic rings. The van der Waals surface area contributed by atoms with Crippen molar-refractivity contribution < 1.29 is 65.2 Å². The molecule has 10 nitrogen and oxygen atoms in total. The molecule has 3 rings (SSSR count). The molecule has 0 aliphatic rings. The predicted molar refractivity (Wildman–Crippen MR) is 198 cm³/mol. The molecule has 0 aliphatic carbocycles. The molecule has 56 heavy (non-hydrogen) atoms. The molecule has 0 aliphatic heterocycles. The van der Waals surface area contributed by atoms with E-state index in [-0.39, 0.29) is 11.1 Å². The summed E-state index contributed by atoms with van der Waals surface area (Å²) < 4.78 is 90.0. The molecule has 0 aromatic heterocycles. The summed E-state index contributed by atoms with van der Waals surface area (Å²) in [6.07, 6.45) is 12.9. The van der Waals surface area contributed by atoms with Crippen molar-refractivity contribution >= 4 is 23.9 Å². The molecule has 0 bridgehead atoms. The molecule has 0 unspecified atom stereocenters. The molecule has 302 valence electrons. The fraction of sp³-hybridized carbons (Fsp3) is 0.381. The van der Waals surface area contributed by atoms with Gasteiger partial charge < -0.3 is 28.4 Å². The van der Waals surface area contributed by atoms with E-state index in [1.54, 1.807) is 0 Å². The van der Waals surface area contributed by atoms with E-state index in [0.717, 1.165) is 89.2 Å². The lowest BCUT2D eigenvalue weighted by atomic mass is 10.1. The lowest BCUT2D eigenvalue weighted by Gasteiger charge is -2.13. The van der Waals surface area contributed by atoms with Gasteiger partial charge in [-0.25, -0.2) is 19.2 Å². The largest absolute Gasteiger partial charge is 0.494 e. The molecule has 0 N–H and O–H groups in total. The molecule has 0 atom stereocenters. The van der Waals surface area contributed by atoms with Gasteiger partial charge in [-0.05, 0) is 74.2 Å².